The predicted octanol–water partition coefficient (Wildman–Crippen LogP) is 1.40. The maximum Gasteiger partial charge on any atom is 0.341 e. The Balaban J connectivity index is 1.91. The molecule has 0 spiro atoms. The van der Waals surface area contributed by atoms with Crippen LogP contribution in [0, 0.1) is 6.92 Å². The van der Waals surface area contributed by atoms with E-state index in [0.717, 1.165) is 5.56 Å². The van der Waals surface area contributed by atoms with E-state index in [9.17, 15) is 4.79 Å². The van der Waals surface area contributed by atoms with Gasteiger partial charge in [0.2, 0.25) is 0 Å². The van der Waals surface area contributed by atoms with Crippen molar-refractivity contribution in [2.24, 2.45) is 7.05 Å². The number of nitrogens with one attached hydrogen (secondary N) is 1. The van der Waals surface area contributed by atoms with E-state index in [1.807, 2.05) is 13.2 Å². The minimum absolute atomic E-state index is 0.375. The standard InChI is InChI=1S/C13H17N3O3/c1-9-12(13(17)18-3)4-11(19-9)7-14-5-10-6-15-16(2)8-10/h4,6,8,14H,5,7H2,1-3H3. The molecule has 2 rings (SSSR count). The molecule has 0 aromatic carbocycles. The van der Waals surface area contributed by atoms with Crippen molar-refractivity contribution in [1.29, 1.82) is 0 Å². The number of hydrogen-bond acceptors (Lipinski definition) is 5. The van der Waals surface area contributed by atoms with Gasteiger partial charge >= 0.3 is 5.97 Å². The van der Waals surface area contributed by atoms with Gasteiger partial charge in [-0.25, -0.2) is 4.79 Å². The third-order valence-corrected chi connectivity index (χ3v) is 2.76. The van der Waals surface area contributed by atoms with Crippen molar-refractivity contribution in [3.05, 3.63) is 41.1 Å². The molecule has 0 aliphatic heterocycles. The fourth-order valence-corrected chi connectivity index (χ4v) is 1.84. The van der Waals surface area contributed by atoms with Crippen molar-refractivity contribution in [1.82, 2.24) is 15.1 Å². The Hall–Kier alpha value is -2.08. The highest BCUT2D eigenvalue weighted by molar-refractivity contribution is 5.90. The number of aromatic nitrogens is 2. The summed E-state index contributed by atoms with van der Waals surface area (Å²) >= 11 is 0. The van der Waals surface area contributed by atoms with E-state index < -0.39 is 0 Å². The summed E-state index contributed by atoms with van der Waals surface area (Å²) in [5.74, 6) is 0.909. The van der Waals surface area contributed by atoms with Crippen LogP contribution in [0.3, 0.4) is 0 Å². The highest BCUT2D eigenvalue weighted by Gasteiger charge is 2.14. The molecule has 0 saturated heterocycles. The third-order valence-electron chi connectivity index (χ3n) is 2.76. The molecule has 6 heteroatoms. The summed E-state index contributed by atoms with van der Waals surface area (Å²) in [5, 5.41) is 7.32. The third kappa shape index (κ3) is 3.23. The molecule has 0 aliphatic rings. The number of carbonyl (C=O) groups excluding carboxylic acids is 1. The van der Waals surface area contributed by atoms with Crippen LogP contribution in [0.5, 0.6) is 0 Å². The molecule has 0 radical (unpaired) electrons. The van der Waals surface area contributed by atoms with Gasteiger partial charge in [0.25, 0.3) is 0 Å². The number of methoxy groups -OCH3 is 1. The fourth-order valence-electron chi connectivity index (χ4n) is 1.84. The molecule has 0 amide bonds. The van der Waals surface area contributed by atoms with E-state index in [4.69, 9.17) is 4.42 Å². The quantitative estimate of drug-likeness (QED) is 0.826. The molecule has 0 fully saturated rings. The maximum atomic E-state index is 11.4. The molecule has 0 atom stereocenters. The lowest BCUT2D eigenvalue weighted by Crippen LogP contribution is -2.11. The van der Waals surface area contributed by atoms with Crippen LogP contribution in [-0.4, -0.2) is 22.9 Å². The predicted molar refractivity (Wildman–Crippen MR) is 68.5 cm³/mol. The van der Waals surface area contributed by atoms with Crippen molar-refractivity contribution < 1.29 is 13.9 Å². The van der Waals surface area contributed by atoms with E-state index in [-0.39, 0.29) is 5.97 Å². The largest absolute Gasteiger partial charge is 0.465 e. The van der Waals surface area contributed by atoms with Crippen LogP contribution in [0.2, 0.25) is 0 Å². The molecule has 0 bridgehead atoms. The zero-order valence-corrected chi connectivity index (χ0v) is 11.3. The summed E-state index contributed by atoms with van der Waals surface area (Å²) in [6, 6.07) is 1.71. The summed E-state index contributed by atoms with van der Waals surface area (Å²) in [6.45, 7) is 2.99. The lowest BCUT2D eigenvalue weighted by molar-refractivity contribution is 0.0599. The highest BCUT2D eigenvalue weighted by atomic mass is 16.5. The molecule has 0 unspecified atom stereocenters. The van der Waals surface area contributed by atoms with Gasteiger partial charge in [0, 0.05) is 25.4 Å². The fraction of sp³-hybridized carbons (Fsp3) is 0.385. The normalized spacial score (nSPS) is 10.7. The molecule has 19 heavy (non-hydrogen) atoms. The summed E-state index contributed by atoms with van der Waals surface area (Å²) < 4.78 is 11.9. The maximum absolute atomic E-state index is 11.4. The van der Waals surface area contributed by atoms with Crippen LogP contribution >= 0.6 is 0 Å². The Morgan fingerprint density at radius 2 is 2.32 bits per heavy atom. The molecule has 2 aromatic rings. The number of aryl methyl sites for hydroxylation is 2. The van der Waals surface area contributed by atoms with Crippen molar-refractivity contribution in [2.45, 2.75) is 20.0 Å². The van der Waals surface area contributed by atoms with Crippen LogP contribution in [0.4, 0.5) is 0 Å². The second-order valence-corrected chi connectivity index (χ2v) is 4.30. The van der Waals surface area contributed by atoms with Crippen LogP contribution in [0.1, 0.15) is 27.4 Å². The van der Waals surface area contributed by atoms with Crippen molar-refractivity contribution in [2.75, 3.05) is 7.11 Å². The summed E-state index contributed by atoms with van der Waals surface area (Å²) in [6.07, 6.45) is 3.75. The lowest BCUT2D eigenvalue weighted by Gasteiger charge is -1.99. The minimum Gasteiger partial charge on any atom is -0.465 e. The van der Waals surface area contributed by atoms with Gasteiger partial charge in [-0.1, -0.05) is 0 Å². The average molecular weight is 263 g/mol. The number of furan rings is 1. The van der Waals surface area contributed by atoms with E-state index in [1.165, 1.54) is 7.11 Å². The van der Waals surface area contributed by atoms with E-state index in [2.05, 4.69) is 15.2 Å². The first kappa shape index (κ1) is 13.4. The number of hydrogen-bond donors (Lipinski definition) is 1. The summed E-state index contributed by atoms with van der Waals surface area (Å²) in [5.41, 5.74) is 1.57. The Labute approximate surface area is 111 Å². The monoisotopic (exact) mass is 263 g/mol. The number of carbonyl (C=O) groups is 1. The minimum atomic E-state index is -0.375. The first-order chi connectivity index (χ1) is 9.10. The number of ether oxygens (including phenoxy) is 1. The smallest absolute Gasteiger partial charge is 0.341 e. The molecule has 6 nitrogen and oxygen atoms in total. The Kier molecular flexibility index (Phi) is 4.01. The van der Waals surface area contributed by atoms with Crippen LogP contribution < -0.4 is 5.32 Å². The summed E-state index contributed by atoms with van der Waals surface area (Å²) in [4.78, 5) is 11.4. The van der Waals surface area contributed by atoms with Gasteiger partial charge in [-0.15, -0.1) is 0 Å². The zero-order chi connectivity index (χ0) is 13.8. The second-order valence-electron chi connectivity index (χ2n) is 4.30. The van der Waals surface area contributed by atoms with Crippen LogP contribution in [-0.2, 0) is 24.9 Å². The van der Waals surface area contributed by atoms with Crippen molar-refractivity contribution >= 4 is 5.97 Å². The Bertz CT molecular complexity index is 571. The lowest BCUT2D eigenvalue weighted by atomic mass is 10.2. The average Bonchev–Trinajstić information content (AvgIpc) is 2.95. The van der Waals surface area contributed by atoms with Gasteiger partial charge in [0.05, 0.1) is 19.9 Å². The second kappa shape index (κ2) is 5.71. The summed E-state index contributed by atoms with van der Waals surface area (Å²) in [7, 11) is 3.23. The number of nitrogens with zero attached hydrogens (tertiary/aromatic N) is 2. The molecule has 2 aromatic heterocycles. The number of rotatable bonds is 5. The molecule has 102 valence electrons. The van der Waals surface area contributed by atoms with Crippen LogP contribution in [0.25, 0.3) is 0 Å². The van der Waals surface area contributed by atoms with Gasteiger partial charge in [0.1, 0.15) is 17.1 Å². The van der Waals surface area contributed by atoms with Crippen LogP contribution in [0.15, 0.2) is 22.9 Å². The molecule has 0 aliphatic carbocycles. The molecular formula is C13H17N3O3. The molecule has 0 saturated carbocycles. The molecule has 1 N–H and O–H groups in total. The molecular weight excluding hydrogens is 246 g/mol. The van der Waals surface area contributed by atoms with Crippen molar-refractivity contribution in [3.63, 3.8) is 0 Å². The Morgan fingerprint density at radius 3 is 2.95 bits per heavy atom. The van der Waals surface area contributed by atoms with Gasteiger partial charge in [-0.2, -0.15) is 5.10 Å². The Morgan fingerprint density at radius 1 is 1.53 bits per heavy atom. The van der Waals surface area contributed by atoms with Gasteiger partial charge in [-0.3, -0.25) is 4.68 Å². The van der Waals surface area contributed by atoms with Gasteiger partial charge in [0.15, 0.2) is 0 Å². The first-order valence-electron chi connectivity index (χ1n) is 5.96. The van der Waals surface area contributed by atoms with E-state index in [0.29, 0.717) is 30.2 Å². The number of esters is 1. The van der Waals surface area contributed by atoms with Gasteiger partial charge < -0.3 is 14.5 Å². The molecule has 2 heterocycles. The van der Waals surface area contributed by atoms with Crippen molar-refractivity contribution in [3.8, 4) is 0 Å². The van der Waals surface area contributed by atoms with Gasteiger partial charge in [-0.05, 0) is 13.0 Å². The SMILES string of the molecule is COC(=O)c1cc(CNCc2cnn(C)c2)oc1C. The zero-order valence-electron chi connectivity index (χ0n) is 11.3. The highest BCUT2D eigenvalue weighted by Crippen LogP contribution is 2.15. The first-order valence-corrected chi connectivity index (χ1v) is 5.96. The van der Waals surface area contributed by atoms with E-state index >= 15 is 0 Å². The van der Waals surface area contributed by atoms with E-state index in [1.54, 1.807) is 23.9 Å². The topological polar surface area (TPSA) is 69.3 Å².